The van der Waals surface area contributed by atoms with Gasteiger partial charge in [0.15, 0.2) is 0 Å². The lowest BCUT2D eigenvalue weighted by Gasteiger charge is -2.18. The summed E-state index contributed by atoms with van der Waals surface area (Å²) in [7, 11) is 3.16. The summed E-state index contributed by atoms with van der Waals surface area (Å²) in [6, 6.07) is 20.1. The summed E-state index contributed by atoms with van der Waals surface area (Å²) in [6.45, 7) is 0. The number of benzene rings is 3. The van der Waals surface area contributed by atoms with Gasteiger partial charge in [-0.05, 0) is 66.7 Å². The van der Waals surface area contributed by atoms with E-state index in [9.17, 15) is 4.79 Å². The first-order valence-corrected chi connectivity index (χ1v) is 10.6. The maximum atomic E-state index is 13.4. The van der Waals surface area contributed by atoms with Crippen LogP contribution in [0.1, 0.15) is 11.1 Å². The Morgan fingerprint density at radius 3 is 2.32 bits per heavy atom. The molecule has 0 atom stereocenters. The Kier molecular flexibility index (Phi) is 6.11. The van der Waals surface area contributed by atoms with Crippen molar-refractivity contribution in [1.82, 2.24) is 0 Å². The van der Waals surface area contributed by atoms with Gasteiger partial charge >= 0.3 is 0 Å². The second-order valence-corrected chi connectivity index (χ2v) is 8.05. The first-order chi connectivity index (χ1) is 15.0. The molecular formula is C24H18BrClN2O3. The third-order valence-electron chi connectivity index (χ3n) is 4.78. The van der Waals surface area contributed by atoms with Crippen molar-refractivity contribution in [2.75, 3.05) is 19.1 Å². The quantitative estimate of drug-likeness (QED) is 0.409. The highest BCUT2D eigenvalue weighted by Gasteiger charge is 2.32. The average Bonchev–Trinajstić information content (AvgIpc) is 3.11. The van der Waals surface area contributed by atoms with Crippen molar-refractivity contribution >= 4 is 51.0 Å². The SMILES string of the molecule is COc1ccc(/C=C2/N=C(c3ccc(Cl)cc3)N(c3ccc(Br)cc3)C2=O)c(OC)c1. The fourth-order valence-electron chi connectivity index (χ4n) is 3.22. The topological polar surface area (TPSA) is 51.1 Å². The molecular weight excluding hydrogens is 480 g/mol. The van der Waals surface area contributed by atoms with Crippen molar-refractivity contribution in [2.45, 2.75) is 0 Å². The highest BCUT2D eigenvalue weighted by Crippen LogP contribution is 2.32. The largest absolute Gasteiger partial charge is 0.497 e. The third-order valence-corrected chi connectivity index (χ3v) is 5.56. The number of hydrogen-bond acceptors (Lipinski definition) is 4. The van der Waals surface area contributed by atoms with E-state index in [0.717, 1.165) is 15.6 Å². The van der Waals surface area contributed by atoms with Crippen LogP contribution in [0.25, 0.3) is 6.08 Å². The summed E-state index contributed by atoms with van der Waals surface area (Å²) >= 11 is 9.49. The number of rotatable bonds is 5. The number of carbonyl (C=O) groups excluding carboxylic acids is 1. The predicted molar refractivity (Wildman–Crippen MR) is 127 cm³/mol. The molecule has 1 heterocycles. The van der Waals surface area contributed by atoms with Crippen LogP contribution in [0.4, 0.5) is 5.69 Å². The predicted octanol–water partition coefficient (Wildman–Crippen LogP) is 5.95. The maximum Gasteiger partial charge on any atom is 0.282 e. The van der Waals surface area contributed by atoms with Gasteiger partial charge in [0.1, 0.15) is 23.0 Å². The summed E-state index contributed by atoms with van der Waals surface area (Å²) in [5, 5.41) is 0.614. The van der Waals surface area contributed by atoms with Crippen LogP contribution in [0, 0.1) is 0 Å². The number of amides is 1. The molecule has 4 rings (SSSR count). The molecule has 0 unspecified atom stereocenters. The molecule has 31 heavy (non-hydrogen) atoms. The Morgan fingerprint density at radius 2 is 1.68 bits per heavy atom. The van der Waals surface area contributed by atoms with E-state index in [1.165, 1.54) is 0 Å². The van der Waals surface area contributed by atoms with E-state index in [-0.39, 0.29) is 5.91 Å². The number of aliphatic imine (C=N–C) groups is 1. The first kappa shape index (κ1) is 21.2. The lowest BCUT2D eigenvalue weighted by atomic mass is 10.1. The fraction of sp³-hybridized carbons (Fsp3) is 0.0833. The minimum Gasteiger partial charge on any atom is -0.497 e. The van der Waals surface area contributed by atoms with Gasteiger partial charge < -0.3 is 9.47 Å². The van der Waals surface area contributed by atoms with E-state index >= 15 is 0 Å². The Hall–Kier alpha value is -3.09. The van der Waals surface area contributed by atoms with Crippen molar-refractivity contribution in [3.8, 4) is 11.5 Å². The van der Waals surface area contributed by atoms with E-state index in [1.54, 1.807) is 43.4 Å². The van der Waals surface area contributed by atoms with E-state index in [4.69, 9.17) is 21.1 Å². The average molecular weight is 498 g/mol. The molecule has 7 heteroatoms. The lowest BCUT2D eigenvalue weighted by Crippen LogP contribution is -2.32. The molecule has 1 amide bonds. The van der Waals surface area contributed by atoms with Crippen molar-refractivity contribution in [1.29, 1.82) is 0 Å². The monoisotopic (exact) mass is 496 g/mol. The molecule has 0 aromatic heterocycles. The van der Waals surface area contributed by atoms with Gasteiger partial charge in [-0.1, -0.05) is 27.5 Å². The second kappa shape index (κ2) is 8.96. The minimum absolute atomic E-state index is 0.231. The Bertz CT molecular complexity index is 1190. The molecule has 0 N–H and O–H groups in total. The van der Waals surface area contributed by atoms with Crippen LogP contribution in [0.15, 0.2) is 81.9 Å². The number of ether oxygens (including phenoxy) is 2. The van der Waals surface area contributed by atoms with E-state index < -0.39 is 0 Å². The Labute approximate surface area is 193 Å². The molecule has 3 aromatic rings. The zero-order chi connectivity index (χ0) is 22.0. The molecule has 0 radical (unpaired) electrons. The first-order valence-electron chi connectivity index (χ1n) is 9.38. The van der Waals surface area contributed by atoms with Crippen molar-refractivity contribution < 1.29 is 14.3 Å². The van der Waals surface area contributed by atoms with Crippen LogP contribution in [0.2, 0.25) is 5.02 Å². The zero-order valence-electron chi connectivity index (χ0n) is 16.8. The van der Waals surface area contributed by atoms with Gasteiger partial charge in [0, 0.05) is 26.7 Å². The second-order valence-electron chi connectivity index (χ2n) is 6.70. The molecule has 0 spiro atoms. The molecule has 0 saturated carbocycles. The summed E-state index contributed by atoms with van der Waals surface area (Å²) < 4.78 is 11.6. The van der Waals surface area contributed by atoms with Gasteiger partial charge in [-0.3, -0.25) is 9.69 Å². The Balaban J connectivity index is 1.82. The molecule has 1 aliphatic heterocycles. The lowest BCUT2D eigenvalue weighted by molar-refractivity contribution is -0.113. The molecule has 0 saturated heterocycles. The van der Waals surface area contributed by atoms with Gasteiger partial charge in [0.25, 0.3) is 5.91 Å². The number of carbonyl (C=O) groups is 1. The molecule has 1 aliphatic rings. The molecule has 156 valence electrons. The normalized spacial score (nSPS) is 14.7. The molecule has 3 aromatic carbocycles. The van der Waals surface area contributed by atoms with Crippen molar-refractivity contribution in [2.24, 2.45) is 4.99 Å². The van der Waals surface area contributed by atoms with Gasteiger partial charge in [-0.15, -0.1) is 0 Å². The van der Waals surface area contributed by atoms with Crippen LogP contribution in [0.3, 0.4) is 0 Å². The third kappa shape index (κ3) is 4.36. The van der Waals surface area contributed by atoms with Crippen LogP contribution in [-0.2, 0) is 4.79 Å². The molecule has 0 bridgehead atoms. The van der Waals surface area contributed by atoms with Gasteiger partial charge in [0.05, 0.1) is 19.9 Å². The van der Waals surface area contributed by atoms with E-state index in [2.05, 4.69) is 20.9 Å². The summed E-state index contributed by atoms with van der Waals surface area (Å²) in [5.41, 5.74) is 2.53. The number of amidine groups is 1. The van der Waals surface area contributed by atoms with Crippen LogP contribution >= 0.6 is 27.5 Å². The maximum absolute atomic E-state index is 13.4. The number of nitrogens with zero attached hydrogens (tertiary/aromatic N) is 2. The number of methoxy groups -OCH3 is 2. The fourth-order valence-corrected chi connectivity index (χ4v) is 3.61. The standard InChI is InChI=1S/C24H18BrClN2O3/c1-30-20-12-5-16(22(14-20)31-2)13-21-24(29)28(19-10-6-17(25)7-11-19)23(27-21)15-3-8-18(26)9-4-15/h3-14H,1-2H3/b21-13+. The summed E-state index contributed by atoms with van der Waals surface area (Å²) in [4.78, 5) is 19.7. The van der Waals surface area contributed by atoms with Gasteiger partial charge in [0.2, 0.25) is 0 Å². The van der Waals surface area contributed by atoms with E-state index in [0.29, 0.717) is 33.7 Å². The summed E-state index contributed by atoms with van der Waals surface area (Å²) in [5.74, 6) is 1.55. The van der Waals surface area contributed by atoms with Crippen LogP contribution < -0.4 is 14.4 Å². The van der Waals surface area contributed by atoms with Gasteiger partial charge in [-0.2, -0.15) is 0 Å². The highest BCUT2D eigenvalue weighted by atomic mass is 79.9. The smallest absolute Gasteiger partial charge is 0.282 e. The molecule has 0 aliphatic carbocycles. The van der Waals surface area contributed by atoms with Crippen molar-refractivity contribution in [3.63, 3.8) is 0 Å². The summed E-state index contributed by atoms with van der Waals surface area (Å²) in [6.07, 6.45) is 1.72. The van der Waals surface area contributed by atoms with Gasteiger partial charge in [-0.25, -0.2) is 4.99 Å². The number of halogens is 2. The number of anilines is 1. The molecule has 0 fully saturated rings. The van der Waals surface area contributed by atoms with Crippen LogP contribution in [-0.4, -0.2) is 26.0 Å². The minimum atomic E-state index is -0.231. The van der Waals surface area contributed by atoms with Crippen LogP contribution in [0.5, 0.6) is 11.5 Å². The Morgan fingerprint density at radius 1 is 0.968 bits per heavy atom. The zero-order valence-corrected chi connectivity index (χ0v) is 19.1. The highest BCUT2D eigenvalue weighted by molar-refractivity contribution is 9.10. The molecule has 5 nitrogen and oxygen atoms in total. The number of hydrogen-bond donors (Lipinski definition) is 0. The van der Waals surface area contributed by atoms with Crippen molar-refractivity contribution in [3.05, 3.63) is 93.0 Å². The van der Waals surface area contributed by atoms with E-state index in [1.807, 2.05) is 48.5 Å².